The Kier molecular flexibility index (Phi) is 11.7. The maximum absolute atomic E-state index is 13.6. The molecule has 1 amide bonds. The second-order valence-corrected chi connectivity index (χ2v) is 11.7. The summed E-state index contributed by atoms with van der Waals surface area (Å²) >= 11 is 0. The van der Waals surface area contributed by atoms with Crippen molar-refractivity contribution in [3.05, 3.63) is 77.6 Å². The number of alkyl halides is 3. The minimum Gasteiger partial charge on any atom is -0.493 e. The van der Waals surface area contributed by atoms with Crippen molar-refractivity contribution in [3.8, 4) is 22.6 Å². The number of carboxylic acid groups (broad SMARTS) is 1. The summed E-state index contributed by atoms with van der Waals surface area (Å²) in [5.74, 6) is -1.09. The topological polar surface area (TPSA) is 106 Å². The quantitative estimate of drug-likeness (QED) is 0.190. The molecule has 3 aromatic carbocycles. The van der Waals surface area contributed by atoms with Gasteiger partial charge in [-0.05, 0) is 105 Å². The Balaban J connectivity index is 0.000000579. The van der Waals surface area contributed by atoms with Crippen molar-refractivity contribution in [1.29, 1.82) is 0 Å². The van der Waals surface area contributed by atoms with Crippen molar-refractivity contribution < 1.29 is 51.3 Å². The first-order chi connectivity index (χ1) is 22.7. The molecule has 2 saturated heterocycles. The number of hydrogen-bond acceptors (Lipinski definition) is 7. The number of rotatable bonds is 9. The Morgan fingerprint density at radius 1 is 0.917 bits per heavy atom. The molecule has 258 valence electrons. The van der Waals surface area contributed by atoms with E-state index in [2.05, 4.69) is 21.8 Å². The predicted octanol–water partition coefficient (Wildman–Crippen LogP) is 7.08. The van der Waals surface area contributed by atoms with Crippen LogP contribution in [0.3, 0.4) is 0 Å². The number of anilines is 1. The molecule has 0 unspecified atom stereocenters. The maximum Gasteiger partial charge on any atom is 0.575 e. The van der Waals surface area contributed by atoms with E-state index < -0.39 is 18.3 Å². The molecule has 0 saturated carbocycles. The van der Waals surface area contributed by atoms with Gasteiger partial charge in [0, 0.05) is 32.1 Å². The second kappa shape index (κ2) is 15.5. The second-order valence-electron chi connectivity index (χ2n) is 11.7. The highest BCUT2D eigenvalue weighted by Gasteiger charge is 2.45. The van der Waals surface area contributed by atoms with Gasteiger partial charge in [-0.3, -0.25) is 14.5 Å². The zero-order valence-electron chi connectivity index (χ0n) is 26.9. The van der Waals surface area contributed by atoms with Crippen LogP contribution in [0.25, 0.3) is 11.1 Å². The summed E-state index contributed by atoms with van der Waals surface area (Å²) in [4.78, 5) is 37.9. The van der Waals surface area contributed by atoms with Crippen molar-refractivity contribution in [2.45, 2.75) is 52.9 Å². The van der Waals surface area contributed by atoms with Crippen LogP contribution < -0.4 is 14.4 Å². The van der Waals surface area contributed by atoms with Gasteiger partial charge in [-0.1, -0.05) is 12.1 Å². The number of halogens is 4. The van der Waals surface area contributed by atoms with Gasteiger partial charge in [-0.25, -0.2) is 9.18 Å². The van der Waals surface area contributed by atoms with Crippen molar-refractivity contribution in [2.75, 3.05) is 37.7 Å². The molecule has 5 rings (SSSR count). The number of piperidine rings is 1. The fraction of sp³-hybridized carbons (Fsp3) is 0.400. The van der Waals surface area contributed by atoms with E-state index in [1.807, 2.05) is 13.8 Å². The summed E-state index contributed by atoms with van der Waals surface area (Å²) in [6.07, 6.45) is -2.50. The van der Waals surface area contributed by atoms with Crippen molar-refractivity contribution in [1.82, 2.24) is 4.90 Å². The SMILES string of the molecule is CC(=O)OC(F)(F)F.CCOc1cc(CN2CCC3(CC2)CC(=O)N(c2ccc(C(=O)O)cc2)C3)cc(OCC)c1-c1ccc(F)cc1. The molecular weight excluding hydrogens is 636 g/mol. The summed E-state index contributed by atoms with van der Waals surface area (Å²) in [6, 6.07) is 17.0. The first-order valence-electron chi connectivity index (χ1n) is 15.5. The van der Waals surface area contributed by atoms with Crippen LogP contribution in [0.4, 0.5) is 23.2 Å². The van der Waals surface area contributed by atoms with E-state index in [0.29, 0.717) is 33.1 Å². The minimum atomic E-state index is -4.83. The lowest BCUT2D eigenvalue weighted by molar-refractivity contribution is -0.304. The van der Waals surface area contributed by atoms with Gasteiger partial charge in [0.25, 0.3) is 0 Å². The summed E-state index contributed by atoms with van der Waals surface area (Å²) in [5, 5.41) is 9.17. The molecule has 3 aromatic rings. The Morgan fingerprint density at radius 2 is 1.48 bits per heavy atom. The van der Waals surface area contributed by atoms with Crippen molar-refractivity contribution in [3.63, 3.8) is 0 Å². The summed E-state index contributed by atoms with van der Waals surface area (Å²) < 4.78 is 61.0. The lowest BCUT2D eigenvalue weighted by atomic mass is 9.77. The van der Waals surface area contributed by atoms with Crippen LogP contribution >= 0.6 is 0 Å². The summed E-state index contributed by atoms with van der Waals surface area (Å²) in [5.41, 5.74) is 3.64. The standard InChI is InChI=1S/C32H35FN2O5.C3H3F3O2/c1-3-39-27-17-22(18-28(40-4-2)30(27)23-5-9-25(33)10-6-23)20-34-15-13-32(14-16-34)19-29(36)35(21-32)26-11-7-24(8-12-26)31(37)38;1-2(7)8-3(4,5)6/h5-12,17-18H,3-4,13-16,19-21H2,1-2H3,(H,37,38);1H3. The van der Waals surface area contributed by atoms with E-state index in [1.165, 1.54) is 12.1 Å². The fourth-order valence-electron chi connectivity index (χ4n) is 6.03. The third-order valence-electron chi connectivity index (χ3n) is 8.19. The molecule has 2 fully saturated rings. The lowest BCUT2D eigenvalue weighted by Gasteiger charge is -2.39. The average Bonchev–Trinajstić information content (AvgIpc) is 3.34. The normalized spacial score (nSPS) is 15.9. The van der Waals surface area contributed by atoms with Crippen LogP contribution in [0.2, 0.25) is 0 Å². The molecule has 1 spiro atoms. The van der Waals surface area contributed by atoms with Gasteiger partial charge < -0.3 is 24.2 Å². The van der Waals surface area contributed by atoms with Gasteiger partial charge in [0.1, 0.15) is 17.3 Å². The number of carbonyl (C=O) groups excluding carboxylic acids is 2. The van der Waals surface area contributed by atoms with E-state index in [4.69, 9.17) is 14.6 Å². The molecule has 0 aromatic heterocycles. The lowest BCUT2D eigenvalue weighted by Crippen LogP contribution is -2.41. The van der Waals surface area contributed by atoms with Crippen LogP contribution in [0.5, 0.6) is 11.5 Å². The molecule has 2 heterocycles. The Labute approximate surface area is 276 Å². The smallest absolute Gasteiger partial charge is 0.493 e. The molecule has 13 heteroatoms. The zero-order valence-corrected chi connectivity index (χ0v) is 26.9. The largest absolute Gasteiger partial charge is 0.575 e. The minimum absolute atomic E-state index is 0.0710. The number of carboxylic acids is 1. The number of carbonyl (C=O) groups is 3. The zero-order chi connectivity index (χ0) is 35.1. The molecular formula is C35H38F4N2O7. The highest BCUT2D eigenvalue weighted by atomic mass is 19.4. The molecule has 48 heavy (non-hydrogen) atoms. The van der Waals surface area contributed by atoms with E-state index in [0.717, 1.165) is 66.4 Å². The Bertz CT molecular complexity index is 1560. The molecule has 0 atom stereocenters. The third kappa shape index (κ3) is 9.46. The number of likely N-dealkylation sites (tertiary alicyclic amines) is 1. The van der Waals surface area contributed by atoms with E-state index in [1.54, 1.807) is 41.3 Å². The summed E-state index contributed by atoms with van der Waals surface area (Å²) in [7, 11) is 0. The number of amides is 1. The first kappa shape index (κ1) is 36.2. The van der Waals surface area contributed by atoms with Crippen LogP contribution in [-0.2, 0) is 20.9 Å². The predicted molar refractivity (Wildman–Crippen MR) is 169 cm³/mol. The van der Waals surface area contributed by atoms with Crippen molar-refractivity contribution in [2.24, 2.45) is 5.41 Å². The summed E-state index contributed by atoms with van der Waals surface area (Å²) in [6.45, 7) is 8.69. The molecule has 1 N–H and O–H groups in total. The molecule has 0 aliphatic carbocycles. The van der Waals surface area contributed by atoms with Crippen LogP contribution in [0, 0.1) is 11.2 Å². The van der Waals surface area contributed by atoms with Crippen LogP contribution in [-0.4, -0.2) is 67.1 Å². The highest BCUT2D eigenvalue weighted by molar-refractivity contribution is 5.97. The molecule has 9 nitrogen and oxygen atoms in total. The van der Waals surface area contributed by atoms with Gasteiger partial charge in [0.15, 0.2) is 0 Å². The molecule has 0 bridgehead atoms. The maximum atomic E-state index is 13.6. The number of hydrogen-bond donors (Lipinski definition) is 1. The van der Waals surface area contributed by atoms with Gasteiger partial charge in [-0.2, -0.15) is 0 Å². The van der Waals surface area contributed by atoms with Crippen molar-refractivity contribution >= 4 is 23.5 Å². The van der Waals surface area contributed by atoms with E-state index in [-0.39, 0.29) is 22.7 Å². The Hall–Kier alpha value is -4.65. The van der Waals surface area contributed by atoms with Crippen LogP contribution in [0.15, 0.2) is 60.7 Å². The highest BCUT2D eigenvalue weighted by Crippen LogP contribution is 2.44. The van der Waals surface area contributed by atoms with Gasteiger partial charge in [-0.15, -0.1) is 13.2 Å². The number of esters is 1. The third-order valence-corrected chi connectivity index (χ3v) is 8.19. The Morgan fingerprint density at radius 3 is 1.94 bits per heavy atom. The van der Waals surface area contributed by atoms with E-state index in [9.17, 15) is 31.9 Å². The monoisotopic (exact) mass is 674 g/mol. The first-order valence-corrected chi connectivity index (χ1v) is 15.5. The average molecular weight is 675 g/mol. The number of ether oxygens (including phenoxy) is 3. The van der Waals surface area contributed by atoms with Gasteiger partial charge in [0.2, 0.25) is 5.91 Å². The van der Waals surface area contributed by atoms with Gasteiger partial charge >= 0.3 is 18.3 Å². The number of benzene rings is 3. The van der Waals surface area contributed by atoms with Gasteiger partial charge in [0.05, 0.1) is 24.3 Å². The number of aromatic carboxylic acids is 1. The van der Waals surface area contributed by atoms with E-state index >= 15 is 0 Å². The molecule has 2 aliphatic rings. The van der Waals surface area contributed by atoms with Crippen LogP contribution in [0.1, 0.15) is 56.0 Å². The fourth-order valence-corrected chi connectivity index (χ4v) is 6.03. The molecule has 2 aliphatic heterocycles. The molecule has 0 radical (unpaired) electrons. The number of nitrogens with zero attached hydrogens (tertiary/aromatic N) is 2.